The van der Waals surface area contributed by atoms with E-state index in [2.05, 4.69) is 27.9 Å². The molecule has 1 aliphatic heterocycles. The highest BCUT2D eigenvalue weighted by molar-refractivity contribution is 14.1. The summed E-state index contributed by atoms with van der Waals surface area (Å²) < 4.78 is 0. The number of hydrogen-bond acceptors (Lipinski definition) is 5. The minimum absolute atomic E-state index is 0.131. The molecule has 3 rings (SSSR count). The van der Waals surface area contributed by atoms with Crippen molar-refractivity contribution in [3.8, 4) is 0 Å². The summed E-state index contributed by atoms with van der Waals surface area (Å²) in [4.78, 5) is 51.6. The first kappa shape index (κ1) is 18.7. The van der Waals surface area contributed by atoms with Crippen LogP contribution in [0.15, 0.2) is 18.2 Å². The Morgan fingerprint density at radius 1 is 1.17 bits per heavy atom. The van der Waals surface area contributed by atoms with E-state index in [1.165, 1.54) is 0 Å². The smallest absolute Gasteiger partial charge is 0.262 e. The lowest BCUT2D eigenvalue weighted by Gasteiger charge is -2.27. The van der Waals surface area contributed by atoms with E-state index >= 15 is 0 Å². The highest BCUT2D eigenvalue weighted by Gasteiger charge is 2.45. The van der Waals surface area contributed by atoms with Crippen molar-refractivity contribution in [3.05, 3.63) is 34.9 Å². The van der Waals surface area contributed by atoms with Gasteiger partial charge in [0.1, 0.15) is 5.78 Å². The number of nitrogens with one attached hydrogen (secondary N) is 1. The number of rotatable bonds is 3. The van der Waals surface area contributed by atoms with E-state index in [1.807, 2.05) is 4.93 Å². The average molecular weight is 442 g/mol. The van der Waals surface area contributed by atoms with E-state index in [-0.39, 0.29) is 30.8 Å². The van der Waals surface area contributed by atoms with Gasteiger partial charge in [0, 0.05) is 13.0 Å². The maximum Gasteiger partial charge on any atom is 0.262 e. The van der Waals surface area contributed by atoms with Gasteiger partial charge in [-0.3, -0.25) is 24.1 Å². The summed E-state index contributed by atoms with van der Waals surface area (Å²) in [6, 6.07) is 4.31. The van der Waals surface area contributed by atoms with Crippen LogP contribution in [-0.4, -0.2) is 46.3 Å². The molecule has 1 aromatic rings. The van der Waals surface area contributed by atoms with Crippen LogP contribution in [-0.2, 0) is 16.1 Å². The number of fused-ring (bicyclic) bond motifs is 1. The summed E-state index contributed by atoms with van der Waals surface area (Å²) in [5, 5.41) is 2.96. The van der Waals surface area contributed by atoms with Crippen LogP contribution in [0.2, 0.25) is 0 Å². The van der Waals surface area contributed by atoms with Gasteiger partial charge in [-0.2, -0.15) is 0 Å². The third kappa shape index (κ3) is 3.27. The maximum absolute atomic E-state index is 12.7. The Bertz CT molecular complexity index is 702. The van der Waals surface area contributed by atoms with Gasteiger partial charge in [0.05, 0.1) is 23.6 Å². The molecule has 1 N–H and O–H groups in total. The summed E-state index contributed by atoms with van der Waals surface area (Å²) in [6.07, 6.45) is 0.263. The molecule has 1 saturated carbocycles. The second-order valence-electron chi connectivity index (χ2n) is 5.59. The van der Waals surface area contributed by atoms with Gasteiger partial charge in [0.2, 0.25) is 0 Å². The molecule has 0 saturated heterocycles. The van der Waals surface area contributed by atoms with Gasteiger partial charge in [0.15, 0.2) is 5.78 Å². The van der Waals surface area contributed by atoms with Crippen molar-refractivity contribution in [3.63, 3.8) is 0 Å². The lowest BCUT2D eigenvalue weighted by Crippen LogP contribution is -2.47. The Morgan fingerprint density at radius 3 is 2.50 bits per heavy atom. The van der Waals surface area contributed by atoms with E-state index in [1.54, 1.807) is 25.2 Å². The molecule has 1 aliphatic carbocycles. The Labute approximate surface area is 154 Å². The monoisotopic (exact) mass is 442 g/mol. The first-order valence-corrected chi connectivity index (χ1v) is 9.77. The first-order chi connectivity index (χ1) is 11.5. The molecule has 2 aliphatic rings. The van der Waals surface area contributed by atoms with Gasteiger partial charge >= 0.3 is 0 Å². The number of hydrogen-bond donors (Lipinski definition) is 1. The quantitative estimate of drug-likeness (QED) is 0.334. The summed E-state index contributed by atoms with van der Waals surface area (Å²) in [5.41, 5.74) is 1.44. The molecular formula is C17H19IN2O4. The van der Waals surface area contributed by atoms with Gasteiger partial charge in [-0.1, -0.05) is 34.7 Å². The Hall–Kier alpha value is -1.61. The van der Waals surface area contributed by atoms with Crippen molar-refractivity contribution in [2.45, 2.75) is 31.8 Å². The second-order valence-corrected chi connectivity index (χ2v) is 5.59. The predicted octanol–water partition coefficient (Wildman–Crippen LogP) is 1.74. The van der Waals surface area contributed by atoms with Gasteiger partial charge in [-0.05, 0) is 30.0 Å². The largest absolute Gasteiger partial charge is 0.316 e. The van der Waals surface area contributed by atoms with Gasteiger partial charge in [0.25, 0.3) is 11.8 Å². The molecular weight excluding hydrogens is 423 g/mol. The molecule has 128 valence electrons. The van der Waals surface area contributed by atoms with Crippen molar-refractivity contribution in [2.24, 2.45) is 0 Å². The number of ketones is 2. The average Bonchev–Trinajstić information content (AvgIpc) is 2.83. The Balaban J connectivity index is 0.00000100. The lowest BCUT2D eigenvalue weighted by atomic mass is 9.92. The third-order valence-electron chi connectivity index (χ3n) is 4.15. The fourth-order valence-corrected chi connectivity index (χ4v) is 3.13. The predicted molar refractivity (Wildman–Crippen MR) is 97.3 cm³/mol. The first-order valence-electron chi connectivity index (χ1n) is 7.61. The topological polar surface area (TPSA) is 83.6 Å². The SMILES string of the molecule is CI.CNCc1cccc2c1C(=O)N(C1CCC(=O)CC1=O)C2=O. The van der Waals surface area contributed by atoms with E-state index in [0.29, 0.717) is 17.7 Å². The van der Waals surface area contributed by atoms with Crippen LogP contribution in [0.25, 0.3) is 0 Å². The van der Waals surface area contributed by atoms with Gasteiger partial charge in [-0.25, -0.2) is 0 Å². The number of Topliss-reactive ketones (excluding diaryl/α,β-unsaturated/α-hetero) is 2. The zero-order valence-corrected chi connectivity index (χ0v) is 15.8. The van der Waals surface area contributed by atoms with Crippen molar-refractivity contribution in [1.82, 2.24) is 10.2 Å². The van der Waals surface area contributed by atoms with E-state index in [4.69, 9.17) is 0 Å². The molecule has 6 nitrogen and oxygen atoms in total. The normalized spacial score (nSPS) is 20.0. The molecule has 1 aromatic carbocycles. The van der Waals surface area contributed by atoms with Gasteiger partial charge in [-0.15, -0.1) is 0 Å². The van der Waals surface area contributed by atoms with E-state index in [9.17, 15) is 19.2 Å². The molecule has 0 bridgehead atoms. The minimum Gasteiger partial charge on any atom is -0.316 e. The van der Waals surface area contributed by atoms with Crippen LogP contribution >= 0.6 is 22.6 Å². The molecule has 1 heterocycles. The van der Waals surface area contributed by atoms with Crippen LogP contribution < -0.4 is 5.32 Å². The number of benzene rings is 1. The Kier molecular flexibility index (Phi) is 6.22. The van der Waals surface area contributed by atoms with E-state index in [0.717, 1.165) is 10.5 Å². The van der Waals surface area contributed by atoms with Crippen LogP contribution in [0.3, 0.4) is 0 Å². The van der Waals surface area contributed by atoms with Crippen molar-refractivity contribution in [2.75, 3.05) is 12.0 Å². The molecule has 1 unspecified atom stereocenters. The highest BCUT2D eigenvalue weighted by atomic mass is 127. The standard InChI is InChI=1S/C16H16N2O4.CH3I/c1-17-8-9-3-2-4-11-14(9)16(22)18(15(11)21)12-6-5-10(19)7-13(12)20;1-2/h2-4,12,17H,5-8H2,1H3;1H3. The number of imide groups is 1. The molecule has 2 amide bonds. The number of alkyl halides is 1. The molecule has 0 spiro atoms. The number of carbonyl (C=O) groups excluding carboxylic acids is 4. The molecule has 7 heteroatoms. The fraction of sp³-hybridized carbons (Fsp3) is 0.412. The number of halogens is 1. The zero-order chi connectivity index (χ0) is 17.9. The van der Waals surface area contributed by atoms with Crippen LogP contribution in [0.4, 0.5) is 0 Å². The molecule has 0 radical (unpaired) electrons. The van der Waals surface area contributed by atoms with Crippen molar-refractivity contribution in [1.29, 1.82) is 0 Å². The van der Waals surface area contributed by atoms with Crippen LogP contribution in [0.5, 0.6) is 0 Å². The maximum atomic E-state index is 12.7. The molecule has 1 fully saturated rings. The van der Waals surface area contributed by atoms with Crippen molar-refractivity contribution >= 4 is 46.0 Å². The van der Waals surface area contributed by atoms with Crippen molar-refractivity contribution < 1.29 is 19.2 Å². The summed E-state index contributed by atoms with van der Waals surface area (Å²) in [6.45, 7) is 0.465. The van der Waals surface area contributed by atoms with Gasteiger partial charge < -0.3 is 5.32 Å². The number of amides is 2. The fourth-order valence-electron chi connectivity index (χ4n) is 3.13. The third-order valence-corrected chi connectivity index (χ3v) is 4.15. The summed E-state index contributed by atoms with van der Waals surface area (Å²) >= 11 is 2.15. The van der Waals surface area contributed by atoms with Crippen LogP contribution in [0, 0.1) is 0 Å². The molecule has 24 heavy (non-hydrogen) atoms. The van der Waals surface area contributed by atoms with Crippen LogP contribution in [0.1, 0.15) is 45.5 Å². The minimum atomic E-state index is -0.812. The number of carbonyl (C=O) groups is 4. The summed E-state index contributed by atoms with van der Waals surface area (Å²) in [7, 11) is 1.76. The zero-order valence-electron chi connectivity index (χ0n) is 13.6. The Morgan fingerprint density at radius 2 is 1.88 bits per heavy atom. The molecule has 0 aromatic heterocycles. The highest BCUT2D eigenvalue weighted by Crippen LogP contribution is 2.30. The van der Waals surface area contributed by atoms with E-state index < -0.39 is 17.9 Å². The molecule has 1 atom stereocenters. The summed E-state index contributed by atoms with van der Waals surface area (Å²) in [5.74, 6) is -1.35. The lowest BCUT2D eigenvalue weighted by molar-refractivity contribution is -0.132. The second kappa shape index (κ2) is 7.98. The number of nitrogens with zero attached hydrogens (tertiary/aromatic N) is 1.